The number of carbonyl (C=O) groups excluding carboxylic acids is 2. The number of esters is 1. The summed E-state index contributed by atoms with van der Waals surface area (Å²) in [5.74, 6) is -1.37. The van der Waals surface area contributed by atoms with Crippen LogP contribution in [-0.2, 0) is 14.3 Å². The fourth-order valence-electron chi connectivity index (χ4n) is 1.94. The summed E-state index contributed by atoms with van der Waals surface area (Å²) in [4.78, 5) is 23.6. The average Bonchev–Trinajstić information content (AvgIpc) is 2.55. The molecule has 2 N–H and O–H groups in total. The highest BCUT2D eigenvalue weighted by Crippen LogP contribution is 2.19. The summed E-state index contributed by atoms with van der Waals surface area (Å²) in [7, 11) is 0. The number of anilines is 1. The van der Waals surface area contributed by atoms with Gasteiger partial charge in [-0.2, -0.15) is 0 Å². The molecule has 0 aromatic heterocycles. The number of ether oxygens (including phenoxy) is 1. The smallest absolute Gasteiger partial charge is 0.340 e. The van der Waals surface area contributed by atoms with Gasteiger partial charge in [-0.1, -0.05) is 41.9 Å². The molecular formula is C17H16ClNO4. The number of aryl methyl sites for hydroxylation is 1. The fourth-order valence-corrected chi connectivity index (χ4v) is 2.17. The van der Waals surface area contributed by atoms with Gasteiger partial charge in [0.25, 0.3) is 5.91 Å². The van der Waals surface area contributed by atoms with Crippen molar-refractivity contribution < 1.29 is 19.4 Å². The summed E-state index contributed by atoms with van der Waals surface area (Å²) in [5.41, 5.74) is 1.78. The molecule has 6 heteroatoms. The van der Waals surface area contributed by atoms with Crippen LogP contribution in [0.3, 0.4) is 0 Å². The molecule has 0 fully saturated rings. The molecule has 2 rings (SSSR count). The topological polar surface area (TPSA) is 75.6 Å². The van der Waals surface area contributed by atoms with E-state index in [0.29, 0.717) is 16.3 Å². The van der Waals surface area contributed by atoms with Crippen LogP contribution in [0.15, 0.2) is 48.5 Å². The van der Waals surface area contributed by atoms with Crippen LogP contribution in [0.2, 0.25) is 5.02 Å². The minimum Gasteiger partial charge on any atom is -0.453 e. The second-order valence-corrected chi connectivity index (χ2v) is 5.36. The lowest BCUT2D eigenvalue weighted by atomic mass is 10.1. The third kappa shape index (κ3) is 4.81. The Kier molecular flexibility index (Phi) is 5.73. The number of rotatable bonds is 5. The number of carbonyl (C=O) groups is 2. The zero-order chi connectivity index (χ0) is 16.8. The van der Waals surface area contributed by atoms with E-state index in [1.165, 1.54) is 0 Å². The van der Waals surface area contributed by atoms with Crippen molar-refractivity contribution in [3.05, 3.63) is 64.7 Å². The normalized spacial score (nSPS) is 11.6. The molecule has 2 aromatic carbocycles. The molecule has 5 nitrogen and oxygen atoms in total. The lowest BCUT2D eigenvalue weighted by Crippen LogP contribution is -2.24. The molecule has 0 saturated heterocycles. The van der Waals surface area contributed by atoms with E-state index in [1.54, 1.807) is 55.5 Å². The van der Waals surface area contributed by atoms with Crippen LogP contribution < -0.4 is 5.32 Å². The minimum atomic E-state index is -1.42. The third-order valence-electron chi connectivity index (χ3n) is 3.15. The Bertz CT molecular complexity index is 703. The van der Waals surface area contributed by atoms with Gasteiger partial charge in [0, 0.05) is 10.7 Å². The summed E-state index contributed by atoms with van der Waals surface area (Å²) >= 11 is 5.84. The Balaban J connectivity index is 1.87. The third-order valence-corrected chi connectivity index (χ3v) is 3.38. The monoisotopic (exact) mass is 333 g/mol. The van der Waals surface area contributed by atoms with Crippen molar-refractivity contribution in [1.29, 1.82) is 0 Å². The number of amides is 1. The maximum Gasteiger partial charge on any atom is 0.340 e. The SMILES string of the molecule is Cc1cc(Cl)ccc1NC(=O)COC(=O)[C@@H](O)c1ccccc1. The molecule has 0 saturated carbocycles. The van der Waals surface area contributed by atoms with E-state index in [4.69, 9.17) is 16.3 Å². The highest BCUT2D eigenvalue weighted by atomic mass is 35.5. The van der Waals surface area contributed by atoms with E-state index in [2.05, 4.69) is 5.32 Å². The standard InChI is InChI=1S/C17H16ClNO4/c1-11-9-13(18)7-8-14(11)19-15(20)10-23-17(22)16(21)12-5-3-2-4-6-12/h2-9,16,21H,10H2,1H3,(H,19,20)/t16-/m0/s1. The molecule has 1 atom stereocenters. The zero-order valence-electron chi connectivity index (χ0n) is 12.5. The molecule has 1 amide bonds. The van der Waals surface area contributed by atoms with Gasteiger partial charge in [-0.05, 0) is 36.2 Å². The number of halogens is 1. The summed E-state index contributed by atoms with van der Waals surface area (Å²) in [6.07, 6.45) is -1.42. The van der Waals surface area contributed by atoms with E-state index >= 15 is 0 Å². The predicted molar refractivity (Wildman–Crippen MR) is 87.2 cm³/mol. The van der Waals surface area contributed by atoms with Crippen molar-refractivity contribution in [3.63, 3.8) is 0 Å². The lowest BCUT2D eigenvalue weighted by molar-refractivity contribution is -0.156. The van der Waals surface area contributed by atoms with Gasteiger partial charge in [-0.15, -0.1) is 0 Å². The van der Waals surface area contributed by atoms with Gasteiger partial charge in [0.1, 0.15) is 0 Å². The van der Waals surface area contributed by atoms with E-state index in [-0.39, 0.29) is 0 Å². The molecule has 0 spiro atoms. The summed E-state index contributed by atoms with van der Waals surface area (Å²) < 4.78 is 4.83. The van der Waals surface area contributed by atoms with E-state index in [1.807, 2.05) is 0 Å². The lowest BCUT2D eigenvalue weighted by Gasteiger charge is -2.12. The average molecular weight is 334 g/mol. The van der Waals surface area contributed by atoms with Gasteiger partial charge >= 0.3 is 5.97 Å². The highest BCUT2D eigenvalue weighted by Gasteiger charge is 2.19. The van der Waals surface area contributed by atoms with Gasteiger partial charge in [0.15, 0.2) is 12.7 Å². The number of aliphatic hydroxyl groups excluding tert-OH is 1. The van der Waals surface area contributed by atoms with Crippen LogP contribution in [0.4, 0.5) is 5.69 Å². The first-order valence-corrected chi connectivity index (χ1v) is 7.31. The Labute approximate surface area is 138 Å². The van der Waals surface area contributed by atoms with Crippen molar-refractivity contribution in [2.75, 3.05) is 11.9 Å². The Morgan fingerprint density at radius 1 is 1.22 bits per heavy atom. The first-order valence-electron chi connectivity index (χ1n) is 6.93. The van der Waals surface area contributed by atoms with Crippen LogP contribution in [-0.4, -0.2) is 23.6 Å². The van der Waals surface area contributed by atoms with Gasteiger partial charge < -0.3 is 15.2 Å². The molecule has 0 radical (unpaired) electrons. The maximum absolute atomic E-state index is 11.8. The summed E-state index contributed by atoms with van der Waals surface area (Å²) in [6.45, 7) is 1.32. The molecule has 0 aliphatic heterocycles. The molecule has 0 unspecified atom stereocenters. The van der Waals surface area contributed by atoms with Crippen LogP contribution in [0.5, 0.6) is 0 Å². The largest absolute Gasteiger partial charge is 0.453 e. The van der Waals surface area contributed by atoms with Crippen LogP contribution in [0.25, 0.3) is 0 Å². The van der Waals surface area contributed by atoms with Crippen molar-refractivity contribution >= 4 is 29.2 Å². The molecule has 0 aliphatic carbocycles. The molecule has 0 bridgehead atoms. The molecule has 0 heterocycles. The minimum absolute atomic E-state index is 0.409. The Morgan fingerprint density at radius 3 is 2.57 bits per heavy atom. The Hall–Kier alpha value is -2.37. The second-order valence-electron chi connectivity index (χ2n) is 4.93. The molecule has 0 aliphatic rings. The van der Waals surface area contributed by atoms with Crippen LogP contribution >= 0.6 is 11.6 Å². The van der Waals surface area contributed by atoms with Crippen LogP contribution in [0, 0.1) is 6.92 Å². The molecule has 23 heavy (non-hydrogen) atoms. The number of aliphatic hydroxyl groups is 1. The van der Waals surface area contributed by atoms with E-state index in [0.717, 1.165) is 5.56 Å². The van der Waals surface area contributed by atoms with Gasteiger partial charge in [-0.25, -0.2) is 4.79 Å². The number of nitrogens with one attached hydrogen (secondary N) is 1. The first kappa shape index (κ1) is 17.0. The quantitative estimate of drug-likeness (QED) is 0.825. The van der Waals surface area contributed by atoms with E-state index in [9.17, 15) is 14.7 Å². The predicted octanol–water partition coefficient (Wildman–Crippen LogP) is 2.86. The van der Waals surface area contributed by atoms with E-state index < -0.39 is 24.6 Å². The Morgan fingerprint density at radius 2 is 1.91 bits per heavy atom. The van der Waals surface area contributed by atoms with Gasteiger partial charge in [0.05, 0.1) is 0 Å². The first-order chi connectivity index (χ1) is 11.0. The zero-order valence-corrected chi connectivity index (χ0v) is 13.2. The van der Waals surface area contributed by atoms with Crippen molar-refractivity contribution in [1.82, 2.24) is 0 Å². The summed E-state index contributed by atoms with van der Waals surface area (Å²) in [6, 6.07) is 13.4. The fraction of sp³-hybridized carbons (Fsp3) is 0.176. The van der Waals surface area contributed by atoms with Crippen molar-refractivity contribution in [2.24, 2.45) is 0 Å². The van der Waals surface area contributed by atoms with Gasteiger partial charge in [0.2, 0.25) is 0 Å². The molecule has 120 valence electrons. The summed E-state index contributed by atoms with van der Waals surface area (Å²) in [5, 5.41) is 13.0. The molecule has 2 aromatic rings. The molecular weight excluding hydrogens is 318 g/mol. The number of hydrogen-bond donors (Lipinski definition) is 2. The van der Waals surface area contributed by atoms with Gasteiger partial charge in [-0.3, -0.25) is 4.79 Å². The number of benzene rings is 2. The van der Waals surface area contributed by atoms with Crippen molar-refractivity contribution in [2.45, 2.75) is 13.0 Å². The van der Waals surface area contributed by atoms with Crippen molar-refractivity contribution in [3.8, 4) is 0 Å². The maximum atomic E-state index is 11.8. The highest BCUT2D eigenvalue weighted by molar-refractivity contribution is 6.30. The van der Waals surface area contributed by atoms with Crippen LogP contribution in [0.1, 0.15) is 17.2 Å². The second kappa shape index (κ2) is 7.76. The number of hydrogen-bond acceptors (Lipinski definition) is 4.